The molecule has 0 heterocycles. The summed E-state index contributed by atoms with van der Waals surface area (Å²) in [5.41, 5.74) is 0.662. The fourth-order valence-corrected chi connectivity index (χ4v) is 2.97. The van der Waals surface area contributed by atoms with E-state index in [2.05, 4.69) is 0 Å². The lowest BCUT2D eigenvalue weighted by Gasteiger charge is -2.19. The molecule has 0 spiro atoms. The smallest absolute Gasteiger partial charge is 0.317 e. The Morgan fingerprint density at radius 3 is 2.41 bits per heavy atom. The molecule has 0 aliphatic heterocycles. The predicted molar refractivity (Wildman–Crippen MR) is 99.7 cm³/mol. The van der Waals surface area contributed by atoms with Crippen LogP contribution in [0.1, 0.15) is 31.4 Å². The van der Waals surface area contributed by atoms with Gasteiger partial charge in [0, 0.05) is 12.5 Å². The van der Waals surface area contributed by atoms with E-state index in [0.717, 1.165) is 11.1 Å². The third-order valence-electron chi connectivity index (χ3n) is 4.75. The van der Waals surface area contributed by atoms with Crippen molar-refractivity contribution in [2.45, 2.75) is 25.9 Å². The zero-order chi connectivity index (χ0) is 19.6. The van der Waals surface area contributed by atoms with Crippen LogP contribution in [0.15, 0.2) is 60.2 Å². The average molecular weight is 365 g/mol. The topological polar surface area (TPSA) is 86.5 Å². The van der Waals surface area contributed by atoms with Gasteiger partial charge in [-0.1, -0.05) is 48.5 Å². The maximum absolute atomic E-state index is 12.5. The molecule has 0 amide bonds. The van der Waals surface area contributed by atoms with Gasteiger partial charge in [0.25, 0.3) is 5.69 Å². The Balaban J connectivity index is 2.05. The van der Waals surface area contributed by atoms with Crippen molar-refractivity contribution in [3.05, 3.63) is 81.4 Å². The Bertz CT molecular complexity index is 935. The number of hydrogen-bond acceptors (Lipinski definition) is 5. The molecule has 1 aliphatic carbocycles. The molecule has 0 aromatic heterocycles. The molecule has 1 aliphatic rings. The molecule has 1 fully saturated rings. The molecular formula is C21H19NO5. The fourth-order valence-electron chi connectivity index (χ4n) is 2.97. The highest BCUT2D eigenvalue weighted by atomic mass is 16.6. The van der Waals surface area contributed by atoms with E-state index in [9.17, 15) is 19.7 Å². The van der Waals surface area contributed by atoms with Gasteiger partial charge in [0.15, 0.2) is 5.60 Å². The van der Waals surface area contributed by atoms with Crippen LogP contribution in [0.25, 0.3) is 6.08 Å². The summed E-state index contributed by atoms with van der Waals surface area (Å²) in [4.78, 5) is 35.0. The van der Waals surface area contributed by atoms with Crippen LogP contribution < -0.4 is 0 Å². The molecule has 0 bridgehead atoms. The fraction of sp³-hybridized carbons (Fsp3) is 0.238. The van der Waals surface area contributed by atoms with Crippen molar-refractivity contribution >= 4 is 23.5 Å². The van der Waals surface area contributed by atoms with Crippen LogP contribution >= 0.6 is 0 Å². The van der Waals surface area contributed by atoms with E-state index in [-0.39, 0.29) is 11.5 Å². The zero-order valence-corrected chi connectivity index (χ0v) is 15.0. The molecule has 2 unspecified atom stereocenters. The number of benzene rings is 2. The zero-order valence-electron chi connectivity index (χ0n) is 15.0. The third kappa shape index (κ3) is 3.65. The van der Waals surface area contributed by atoms with E-state index >= 15 is 0 Å². The first kappa shape index (κ1) is 18.5. The first-order chi connectivity index (χ1) is 12.8. The third-order valence-corrected chi connectivity index (χ3v) is 4.75. The van der Waals surface area contributed by atoms with Gasteiger partial charge in [-0.3, -0.25) is 19.7 Å². The molecule has 0 N–H and O–H groups in total. The number of rotatable bonds is 6. The molecule has 1 saturated carbocycles. The molecule has 2 aromatic rings. The number of nitro groups is 1. The summed E-state index contributed by atoms with van der Waals surface area (Å²) >= 11 is 0. The first-order valence-corrected chi connectivity index (χ1v) is 8.58. The van der Waals surface area contributed by atoms with E-state index in [1.807, 2.05) is 36.4 Å². The molecular weight excluding hydrogens is 346 g/mol. The average Bonchev–Trinajstić information content (AvgIpc) is 3.34. The molecule has 0 saturated heterocycles. The highest BCUT2D eigenvalue weighted by molar-refractivity contribution is 5.97. The Kier molecular flexibility index (Phi) is 4.90. The quantitative estimate of drug-likeness (QED) is 0.334. The van der Waals surface area contributed by atoms with Crippen molar-refractivity contribution in [2.24, 2.45) is 5.92 Å². The number of para-hydroxylation sites is 1. The van der Waals surface area contributed by atoms with Gasteiger partial charge >= 0.3 is 5.97 Å². The van der Waals surface area contributed by atoms with Gasteiger partial charge in [-0.15, -0.1) is 0 Å². The van der Waals surface area contributed by atoms with Crippen LogP contribution in [0.3, 0.4) is 0 Å². The van der Waals surface area contributed by atoms with Gasteiger partial charge in [0.05, 0.1) is 10.5 Å². The van der Waals surface area contributed by atoms with Crippen molar-refractivity contribution in [3.8, 4) is 0 Å². The van der Waals surface area contributed by atoms with Crippen LogP contribution in [0.2, 0.25) is 0 Å². The summed E-state index contributed by atoms with van der Waals surface area (Å²) in [5.74, 6) is -1.92. The van der Waals surface area contributed by atoms with Crippen LogP contribution in [0, 0.1) is 16.0 Å². The predicted octanol–water partition coefficient (Wildman–Crippen LogP) is 4.05. The number of carbonyl (C=O) groups is 2. The summed E-state index contributed by atoms with van der Waals surface area (Å²) in [6, 6.07) is 15.7. The number of nitrogens with zero attached hydrogens (tertiary/aromatic N) is 1. The second-order valence-corrected chi connectivity index (χ2v) is 6.61. The SMILES string of the molecule is CC(=O)C(C)C(=O)OC1(c2ccccc2[N+](=O)[O-])CC1=Cc1ccccc1. The van der Waals surface area contributed by atoms with E-state index in [4.69, 9.17) is 4.74 Å². The molecule has 3 rings (SSSR count). The van der Waals surface area contributed by atoms with Crippen molar-refractivity contribution < 1.29 is 19.2 Å². The van der Waals surface area contributed by atoms with Crippen molar-refractivity contribution in [1.29, 1.82) is 0 Å². The molecule has 2 aromatic carbocycles. The normalized spacial score (nSPS) is 20.7. The highest BCUT2D eigenvalue weighted by Gasteiger charge is 2.57. The molecule has 27 heavy (non-hydrogen) atoms. The standard InChI is InChI=1S/C21H19NO5/c1-14(15(2)23)20(24)27-21(18-10-6-7-11-19(18)22(25)26)13-17(21)12-16-8-4-3-5-9-16/h3-12,14H,13H2,1-2H3. The van der Waals surface area contributed by atoms with Crippen LogP contribution in [-0.2, 0) is 19.9 Å². The number of nitro benzene ring substituents is 1. The lowest BCUT2D eigenvalue weighted by Crippen LogP contribution is -2.27. The monoisotopic (exact) mass is 365 g/mol. The number of carbonyl (C=O) groups excluding carboxylic acids is 2. The van der Waals surface area contributed by atoms with E-state index < -0.39 is 22.4 Å². The Morgan fingerprint density at radius 1 is 1.15 bits per heavy atom. The maximum atomic E-state index is 12.5. The van der Waals surface area contributed by atoms with Gasteiger partial charge in [-0.25, -0.2) is 0 Å². The Morgan fingerprint density at radius 2 is 1.78 bits per heavy atom. The van der Waals surface area contributed by atoms with Crippen molar-refractivity contribution in [3.63, 3.8) is 0 Å². The number of ketones is 1. The minimum Gasteiger partial charge on any atom is -0.448 e. The van der Waals surface area contributed by atoms with Gasteiger partial charge in [0.1, 0.15) is 11.7 Å². The van der Waals surface area contributed by atoms with Gasteiger partial charge < -0.3 is 4.74 Å². The minimum absolute atomic E-state index is 0.114. The number of hydrogen-bond donors (Lipinski definition) is 0. The summed E-state index contributed by atoms with van der Waals surface area (Å²) in [6.07, 6.45) is 2.21. The summed E-state index contributed by atoms with van der Waals surface area (Å²) in [7, 11) is 0. The second kappa shape index (κ2) is 7.15. The molecule has 0 radical (unpaired) electrons. The van der Waals surface area contributed by atoms with Gasteiger partial charge in [0.2, 0.25) is 0 Å². The maximum Gasteiger partial charge on any atom is 0.317 e. The largest absolute Gasteiger partial charge is 0.448 e. The van der Waals surface area contributed by atoms with Crippen LogP contribution in [0.4, 0.5) is 5.69 Å². The number of Topliss-reactive ketones (excluding diaryl/α,β-unsaturated/α-hetero) is 1. The Hall–Kier alpha value is -3.28. The summed E-state index contributed by atoms with van der Waals surface area (Å²) in [6.45, 7) is 2.79. The van der Waals surface area contributed by atoms with Gasteiger partial charge in [-0.05, 0) is 31.1 Å². The molecule has 6 nitrogen and oxygen atoms in total. The Labute approximate surface area is 156 Å². The minimum atomic E-state index is -1.21. The summed E-state index contributed by atoms with van der Waals surface area (Å²) in [5, 5.41) is 11.5. The van der Waals surface area contributed by atoms with E-state index in [1.54, 1.807) is 18.2 Å². The molecule has 6 heteroatoms. The van der Waals surface area contributed by atoms with Crippen molar-refractivity contribution in [2.75, 3.05) is 0 Å². The van der Waals surface area contributed by atoms with Crippen LogP contribution in [0.5, 0.6) is 0 Å². The lowest BCUT2D eigenvalue weighted by molar-refractivity contribution is -0.386. The second-order valence-electron chi connectivity index (χ2n) is 6.61. The summed E-state index contributed by atoms with van der Waals surface area (Å²) < 4.78 is 5.70. The molecule has 138 valence electrons. The first-order valence-electron chi connectivity index (χ1n) is 8.58. The number of esters is 1. The highest BCUT2D eigenvalue weighted by Crippen LogP contribution is 2.58. The molecule has 2 atom stereocenters. The lowest BCUT2D eigenvalue weighted by atomic mass is 10.0. The van der Waals surface area contributed by atoms with E-state index in [1.165, 1.54) is 19.9 Å². The van der Waals surface area contributed by atoms with Crippen LogP contribution in [-0.4, -0.2) is 16.7 Å². The van der Waals surface area contributed by atoms with Crippen molar-refractivity contribution in [1.82, 2.24) is 0 Å². The van der Waals surface area contributed by atoms with Gasteiger partial charge in [-0.2, -0.15) is 0 Å². The number of ether oxygens (including phenoxy) is 1. The van der Waals surface area contributed by atoms with E-state index in [0.29, 0.717) is 12.0 Å².